The summed E-state index contributed by atoms with van der Waals surface area (Å²) >= 11 is 0. The standard InChI is InChI=1S/C22H32N2O4S/c1-16-14-23(15-17(2)28-16)29(26,27)20-11-9-19(10-12-20)22(25)24-13-5-7-18-6-3-4-8-21(18)24/h9-12,16-18,21H,3-8,13-15H2,1-2H3/t16-,17+,18-,21+/m0/s1. The molecular weight excluding hydrogens is 388 g/mol. The van der Waals surface area contributed by atoms with Crippen molar-refractivity contribution in [3.05, 3.63) is 29.8 Å². The maximum absolute atomic E-state index is 13.2. The van der Waals surface area contributed by atoms with Gasteiger partial charge in [0.05, 0.1) is 17.1 Å². The van der Waals surface area contributed by atoms with Crippen LogP contribution in [0.3, 0.4) is 0 Å². The fourth-order valence-electron chi connectivity index (χ4n) is 5.29. The van der Waals surface area contributed by atoms with Gasteiger partial charge < -0.3 is 9.64 Å². The molecule has 7 heteroatoms. The number of piperidine rings is 1. The molecule has 1 aromatic rings. The number of hydrogen-bond donors (Lipinski definition) is 0. The van der Waals surface area contributed by atoms with Gasteiger partial charge in [0.2, 0.25) is 10.0 Å². The molecule has 0 N–H and O–H groups in total. The minimum atomic E-state index is -3.59. The predicted molar refractivity (Wildman–Crippen MR) is 111 cm³/mol. The third-order valence-electron chi connectivity index (χ3n) is 6.63. The van der Waals surface area contributed by atoms with Crippen LogP contribution in [0, 0.1) is 5.92 Å². The maximum atomic E-state index is 13.2. The molecule has 1 aliphatic carbocycles. The SMILES string of the molecule is C[C@@H]1CN(S(=O)(=O)c2ccc(C(=O)N3CCC[C@@H]4CCCC[C@H]43)cc2)C[C@H](C)O1. The van der Waals surface area contributed by atoms with E-state index in [9.17, 15) is 13.2 Å². The topological polar surface area (TPSA) is 66.9 Å². The van der Waals surface area contributed by atoms with E-state index in [1.165, 1.54) is 30.0 Å². The van der Waals surface area contributed by atoms with E-state index >= 15 is 0 Å². The number of nitrogens with zero attached hydrogens (tertiary/aromatic N) is 2. The number of likely N-dealkylation sites (tertiary alicyclic amines) is 1. The number of fused-ring (bicyclic) bond motifs is 1. The lowest BCUT2D eigenvalue weighted by Gasteiger charge is -2.44. The summed E-state index contributed by atoms with van der Waals surface area (Å²) in [5.74, 6) is 0.672. The molecule has 3 fully saturated rings. The quantitative estimate of drug-likeness (QED) is 0.753. The number of sulfonamides is 1. The number of benzene rings is 1. The first-order valence-corrected chi connectivity index (χ1v) is 12.4. The predicted octanol–water partition coefficient (Wildman–Crippen LogP) is 3.28. The van der Waals surface area contributed by atoms with Gasteiger partial charge in [0, 0.05) is 31.2 Å². The van der Waals surface area contributed by atoms with Crippen molar-refractivity contribution < 1.29 is 17.9 Å². The zero-order valence-corrected chi connectivity index (χ0v) is 18.2. The van der Waals surface area contributed by atoms with Crippen LogP contribution in [0.5, 0.6) is 0 Å². The van der Waals surface area contributed by atoms with Gasteiger partial charge in [-0.15, -0.1) is 0 Å². The molecule has 29 heavy (non-hydrogen) atoms. The third-order valence-corrected chi connectivity index (χ3v) is 8.48. The monoisotopic (exact) mass is 420 g/mol. The molecule has 1 saturated carbocycles. The van der Waals surface area contributed by atoms with E-state index in [0.29, 0.717) is 30.6 Å². The van der Waals surface area contributed by atoms with Gasteiger partial charge in [-0.3, -0.25) is 4.79 Å². The second-order valence-electron chi connectivity index (χ2n) is 8.86. The fraction of sp³-hybridized carbons (Fsp3) is 0.682. The second-order valence-corrected chi connectivity index (χ2v) is 10.8. The molecule has 1 amide bonds. The van der Waals surface area contributed by atoms with Crippen molar-refractivity contribution in [2.75, 3.05) is 19.6 Å². The molecule has 1 aromatic carbocycles. The smallest absolute Gasteiger partial charge is 0.254 e. The molecule has 0 spiro atoms. The summed E-state index contributed by atoms with van der Waals surface area (Å²) in [6, 6.07) is 6.86. The molecule has 4 rings (SSSR count). The minimum Gasteiger partial charge on any atom is -0.373 e. The van der Waals surface area contributed by atoms with Crippen LogP contribution in [-0.4, -0.2) is 61.4 Å². The molecule has 3 aliphatic rings. The second kappa shape index (κ2) is 8.36. The minimum absolute atomic E-state index is 0.0409. The van der Waals surface area contributed by atoms with Crippen LogP contribution in [0.25, 0.3) is 0 Å². The van der Waals surface area contributed by atoms with E-state index in [1.54, 1.807) is 24.3 Å². The van der Waals surface area contributed by atoms with Gasteiger partial charge in [0.1, 0.15) is 0 Å². The summed E-state index contributed by atoms with van der Waals surface area (Å²) in [7, 11) is -3.59. The first-order valence-electron chi connectivity index (χ1n) is 10.9. The lowest BCUT2D eigenvalue weighted by atomic mass is 9.78. The number of amides is 1. The molecule has 6 nitrogen and oxygen atoms in total. The number of morpholine rings is 1. The summed E-state index contributed by atoms with van der Waals surface area (Å²) in [6.45, 7) is 5.28. The van der Waals surface area contributed by atoms with Crippen LogP contribution in [0.1, 0.15) is 62.7 Å². The van der Waals surface area contributed by atoms with E-state index in [1.807, 2.05) is 18.7 Å². The Bertz CT molecular complexity index is 827. The first kappa shape index (κ1) is 20.8. The van der Waals surface area contributed by atoms with Crippen molar-refractivity contribution >= 4 is 15.9 Å². The number of rotatable bonds is 3. The highest BCUT2D eigenvalue weighted by atomic mass is 32.2. The van der Waals surface area contributed by atoms with Crippen LogP contribution in [-0.2, 0) is 14.8 Å². The Balaban J connectivity index is 1.50. The lowest BCUT2D eigenvalue weighted by Crippen LogP contribution is -2.49. The normalized spacial score (nSPS) is 31.3. The molecule has 4 atom stereocenters. The highest BCUT2D eigenvalue weighted by Gasteiger charge is 2.36. The molecule has 2 saturated heterocycles. The third kappa shape index (κ3) is 4.23. The molecule has 0 aromatic heterocycles. The van der Waals surface area contributed by atoms with Crippen LogP contribution >= 0.6 is 0 Å². The van der Waals surface area contributed by atoms with Gasteiger partial charge in [-0.1, -0.05) is 12.8 Å². The molecule has 0 bridgehead atoms. The molecule has 160 valence electrons. The Labute approximate surface area is 174 Å². The lowest BCUT2D eigenvalue weighted by molar-refractivity contribution is -0.0440. The van der Waals surface area contributed by atoms with Gasteiger partial charge in [-0.2, -0.15) is 4.31 Å². The average Bonchev–Trinajstić information content (AvgIpc) is 2.72. The average molecular weight is 421 g/mol. The van der Waals surface area contributed by atoms with Crippen molar-refractivity contribution in [2.24, 2.45) is 5.92 Å². The number of carbonyl (C=O) groups is 1. The van der Waals surface area contributed by atoms with Crippen molar-refractivity contribution in [2.45, 2.75) is 75.5 Å². The van der Waals surface area contributed by atoms with Gasteiger partial charge in [-0.25, -0.2) is 8.42 Å². The van der Waals surface area contributed by atoms with Gasteiger partial charge in [-0.05, 0) is 69.7 Å². The number of ether oxygens (including phenoxy) is 1. The molecule has 0 unspecified atom stereocenters. The Hall–Kier alpha value is -1.44. The summed E-state index contributed by atoms with van der Waals surface area (Å²) in [5.41, 5.74) is 0.582. The summed E-state index contributed by atoms with van der Waals surface area (Å²) in [4.78, 5) is 15.4. The Morgan fingerprint density at radius 1 is 0.966 bits per heavy atom. The Kier molecular flexibility index (Phi) is 6.00. The summed E-state index contributed by atoms with van der Waals surface area (Å²) in [6.07, 6.45) is 6.81. The molecule has 2 heterocycles. The van der Waals surface area contributed by atoms with Crippen LogP contribution in [0.2, 0.25) is 0 Å². The van der Waals surface area contributed by atoms with Crippen molar-refractivity contribution in [1.82, 2.24) is 9.21 Å². The van der Waals surface area contributed by atoms with Crippen LogP contribution in [0.4, 0.5) is 0 Å². The van der Waals surface area contributed by atoms with Crippen molar-refractivity contribution in [3.8, 4) is 0 Å². The van der Waals surface area contributed by atoms with E-state index in [-0.39, 0.29) is 23.0 Å². The van der Waals surface area contributed by atoms with Gasteiger partial charge in [0.15, 0.2) is 0 Å². The number of hydrogen-bond acceptors (Lipinski definition) is 4. The van der Waals surface area contributed by atoms with Crippen molar-refractivity contribution in [1.29, 1.82) is 0 Å². The molecule has 2 aliphatic heterocycles. The summed E-state index contributed by atoms with van der Waals surface area (Å²) < 4.78 is 33.2. The van der Waals surface area contributed by atoms with Crippen LogP contribution < -0.4 is 0 Å². The summed E-state index contributed by atoms with van der Waals surface area (Å²) in [5, 5.41) is 0. The van der Waals surface area contributed by atoms with E-state index in [0.717, 1.165) is 19.4 Å². The fourth-order valence-corrected chi connectivity index (χ4v) is 6.88. The zero-order valence-electron chi connectivity index (χ0n) is 17.4. The molecular formula is C22H32N2O4S. The first-order chi connectivity index (χ1) is 13.9. The highest BCUT2D eigenvalue weighted by Crippen LogP contribution is 2.36. The Morgan fingerprint density at radius 3 is 2.28 bits per heavy atom. The van der Waals surface area contributed by atoms with Gasteiger partial charge in [0.25, 0.3) is 5.91 Å². The largest absolute Gasteiger partial charge is 0.373 e. The van der Waals surface area contributed by atoms with E-state index < -0.39 is 10.0 Å². The van der Waals surface area contributed by atoms with Crippen LogP contribution in [0.15, 0.2) is 29.2 Å². The van der Waals surface area contributed by atoms with Crippen molar-refractivity contribution in [3.63, 3.8) is 0 Å². The zero-order chi connectivity index (χ0) is 20.6. The number of carbonyl (C=O) groups excluding carboxylic acids is 1. The van der Waals surface area contributed by atoms with E-state index in [2.05, 4.69) is 0 Å². The Morgan fingerprint density at radius 2 is 1.59 bits per heavy atom. The van der Waals surface area contributed by atoms with E-state index in [4.69, 9.17) is 4.74 Å². The maximum Gasteiger partial charge on any atom is 0.254 e. The van der Waals surface area contributed by atoms with Gasteiger partial charge >= 0.3 is 0 Å². The highest BCUT2D eigenvalue weighted by molar-refractivity contribution is 7.89. The molecule has 0 radical (unpaired) electrons.